The van der Waals surface area contributed by atoms with Crippen LogP contribution in [0, 0.1) is 5.92 Å². The first kappa shape index (κ1) is 34.7. The van der Waals surface area contributed by atoms with Crippen LogP contribution in [0.15, 0.2) is 71.9 Å². The van der Waals surface area contributed by atoms with Gasteiger partial charge in [0, 0.05) is 83.0 Å². The third kappa shape index (κ3) is 8.46. The SMILES string of the molecule is C[C@H]1CN(S(=O)(=O)c2ccc(N(C)C)cc2)CCCN(Cc2ccncc2)CCCN(S(=O)(=O)N2CCc3cc(Cl)ccc3C2)C1. The largest absolute Gasteiger partial charge is 0.378 e. The predicted octanol–water partition coefficient (Wildman–Crippen LogP) is 4.33. The van der Waals surface area contributed by atoms with Crippen molar-refractivity contribution < 1.29 is 16.8 Å². The number of rotatable bonds is 7. The van der Waals surface area contributed by atoms with Gasteiger partial charge in [0.25, 0.3) is 10.2 Å². The zero-order valence-electron chi connectivity index (χ0n) is 26.9. The van der Waals surface area contributed by atoms with Gasteiger partial charge in [-0.2, -0.15) is 21.3 Å². The highest BCUT2D eigenvalue weighted by atomic mass is 35.5. The lowest BCUT2D eigenvalue weighted by molar-refractivity contribution is 0.213. The Morgan fingerprint density at radius 2 is 1.46 bits per heavy atom. The van der Waals surface area contributed by atoms with Crippen molar-refractivity contribution in [2.45, 2.75) is 44.2 Å². The third-order valence-corrected chi connectivity index (χ3v) is 12.8. The van der Waals surface area contributed by atoms with Gasteiger partial charge in [-0.1, -0.05) is 24.6 Å². The predicted molar refractivity (Wildman–Crippen MR) is 183 cm³/mol. The minimum absolute atomic E-state index is 0.218. The Morgan fingerprint density at radius 1 is 0.804 bits per heavy atom. The number of pyridine rings is 1. The van der Waals surface area contributed by atoms with Crippen LogP contribution < -0.4 is 4.90 Å². The quantitative estimate of drug-likeness (QED) is 0.365. The Bertz CT molecular complexity index is 1670. The van der Waals surface area contributed by atoms with Crippen LogP contribution in [0.1, 0.15) is 36.5 Å². The third-order valence-electron chi connectivity index (χ3n) is 8.74. The van der Waals surface area contributed by atoms with Gasteiger partial charge in [-0.15, -0.1) is 0 Å². The summed E-state index contributed by atoms with van der Waals surface area (Å²) in [6.07, 6.45) is 5.45. The zero-order valence-corrected chi connectivity index (χ0v) is 29.3. The molecule has 5 rings (SSSR count). The smallest absolute Gasteiger partial charge is 0.282 e. The Labute approximate surface area is 279 Å². The molecule has 0 N–H and O–H groups in total. The van der Waals surface area contributed by atoms with Crippen LogP contribution in [0.3, 0.4) is 0 Å². The average molecular weight is 689 g/mol. The highest BCUT2D eigenvalue weighted by molar-refractivity contribution is 7.89. The fraction of sp³-hybridized carbons (Fsp3) is 0.485. The first-order valence-electron chi connectivity index (χ1n) is 15.8. The van der Waals surface area contributed by atoms with Crippen LogP contribution in [0.2, 0.25) is 5.02 Å². The summed E-state index contributed by atoms with van der Waals surface area (Å²) >= 11 is 6.20. The molecule has 1 aromatic heterocycles. The molecule has 0 unspecified atom stereocenters. The van der Waals surface area contributed by atoms with Crippen LogP contribution in [0.25, 0.3) is 0 Å². The van der Waals surface area contributed by atoms with Gasteiger partial charge in [-0.05, 0) is 103 Å². The first-order chi connectivity index (χ1) is 21.9. The molecule has 0 saturated carbocycles. The molecule has 13 heteroatoms. The molecule has 1 atom stereocenters. The first-order valence-corrected chi connectivity index (χ1v) is 19.1. The van der Waals surface area contributed by atoms with Gasteiger partial charge in [-0.25, -0.2) is 8.42 Å². The molecule has 3 heterocycles. The number of fused-ring (bicyclic) bond motifs is 1. The molecule has 46 heavy (non-hydrogen) atoms. The van der Waals surface area contributed by atoms with Crippen molar-refractivity contribution in [3.8, 4) is 0 Å². The second-order valence-electron chi connectivity index (χ2n) is 12.6. The molecule has 1 saturated heterocycles. The zero-order chi connectivity index (χ0) is 32.9. The van der Waals surface area contributed by atoms with Gasteiger partial charge >= 0.3 is 0 Å². The molecule has 0 radical (unpaired) electrons. The van der Waals surface area contributed by atoms with E-state index in [0.29, 0.717) is 63.6 Å². The maximum atomic E-state index is 14.2. The van der Waals surface area contributed by atoms with Crippen molar-refractivity contribution in [1.82, 2.24) is 22.8 Å². The van der Waals surface area contributed by atoms with E-state index in [1.807, 2.05) is 62.3 Å². The Balaban J connectivity index is 1.40. The molecule has 0 amide bonds. The molecule has 0 bridgehead atoms. The van der Waals surface area contributed by atoms with E-state index in [1.54, 1.807) is 43.5 Å². The lowest BCUT2D eigenvalue weighted by atomic mass is 10.0. The molecule has 10 nitrogen and oxygen atoms in total. The average Bonchev–Trinajstić information content (AvgIpc) is 3.03. The molecule has 250 valence electrons. The molecule has 3 aromatic rings. The maximum absolute atomic E-state index is 14.2. The second-order valence-corrected chi connectivity index (χ2v) is 16.9. The van der Waals surface area contributed by atoms with Gasteiger partial charge in [-0.3, -0.25) is 9.88 Å². The normalized spacial score (nSPS) is 20.4. The highest BCUT2D eigenvalue weighted by Crippen LogP contribution is 2.27. The molecular weight excluding hydrogens is 644 g/mol. The van der Waals surface area contributed by atoms with E-state index in [2.05, 4.69) is 9.88 Å². The summed E-state index contributed by atoms with van der Waals surface area (Å²) in [4.78, 5) is 8.58. The Hall–Kier alpha value is -2.58. The minimum atomic E-state index is -3.82. The summed E-state index contributed by atoms with van der Waals surface area (Å²) in [6.45, 7) is 5.77. The van der Waals surface area contributed by atoms with Crippen molar-refractivity contribution in [2.75, 3.05) is 64.8 Å². The molecule has 1 fully saturated rings. The second kappa shape index (κ2) is 15.1. The number of hydrogen-bond donors (Lipinski definition) is 0. The summed E-state index contributed by atoms with van der Waals surface area (Å²) in [5, 5.41) is 0.649. The van der Waals surface area contributed by atoms with Gasteiger partial charge in [0.2, 0.25) is 10.0 Å². The van der Waals surface area contributed by atoms with Crippen LogP contribution in [0.5, 0.6) is 0 Å². The summed E-state index contributed by atoms with van der Waals surface area (Å²) < 4.78 is 61.1. The number of nitrogens with zero attached hydrogens (tertiary/aromatic N) is 6. The van der Waals surface area contributed by atoms with Gasteiger partial charge in [0.05, 0.1) is 4.90 Å². The minimum Gasteiger partial charge on any atom is -0.378 e. The van der Waals surface area contributed by atoms with Crippen LogP contribution in [0.4, 0.5) is 5.69 Å². The number of hydrogen-bond acceptors (Lipinski definition) is 7. The van der Waals surface area contributed by atoms with Crippen molar-refractivity contribution in [3.05, 3.63) is 88.7 Å². The molecule has 0 spiro atoms. The van der Waals surface area contributed by atoms with Crippen LogP contribution >= 0.6 is 11.6 Å². The van der Waals surface area contributed by atoms with E-state index >= 15 is 0 Å². The standard InChI is InChI=1S/C33H45ClN6O4S2/c1-27-23-38(45(41,42)33-10-8-32(9-11-33)36(2)3)19-4-17-37(25-28-12-15-35-16-13-28)18-5-20-39(24-27)46(43,44)40-21-14-29-22-31(34)7-6-30(29)26-40/h6-13,15-16,22,27H,4-5,14,17-21,23-26H2,1-3H3/t27-/m0/s1. The number of benzene rings is 2. The van der Waals surface area contributed by atoms with Crippen LogP contribution in [-0.4, -0.2) is 99.5 Å². The monoisotopic (exact) mass is 688 g/mol. The maximum Gasteiger partial charge on any atom is 0.282 e. The van der Waals surface area contributed by atoms with Gasteiger partial charge in [0.1, 0.15) is 0 Å². The van der Waals surface area contributed by atoms with Crippen molar-refractivity contribution in [1.29, 1.82) is 0 Å². The molecule has 2 aliphatic rings. The van der Waals surface area contributed by atoms with Gasteiger partial charge < -0.3 is 4.90 Å². The van der Waals surface area contributed by atoms with E-state index in [4.69, 9.17) is 11.6 Å². The highest BCUT2D eigenvalue weighted by Gasteiger charge is 2.35. The molecular formula is C33H45ClN6O4S2. The Kier molecular flexibility index (Phi) is 11.4. The topological polar surface area (TPSA) is 97.4 Å². The Morgan fingerprint density at radius 3 is 2.13 bits per heavy atom. The summed E-state index contributed by atoms with van der Waals surface area (Å²) in [5.41, 5.74) is 4.06. The van der Waals surface area contributed by atoms with E-state index in [1.165, 1.54) is 0 Å². The van der Waals surface area contributed by atoms with E-state index < -0.39 is 20.2 Å². The van der Waals surface area contributed by atoms with Crippen molar-refractivity contribution >= 4 is 37.5 Å². The van der Waals surface area contributed by atoms with Crippen LogP contribution in [-0.2, 0) is 39.7 Å². The number of anilines is 1. The summed E-state index contributed by atoms with van der Waals surface area (Å²) in [5.74, 6) is -0.228. The fourth-order valence-corrected chi connectivity index (χ4v) is 9.79. The van der Waals surface area contributed by atoms with Crippen molar-refractivity contribution in [2.24, 2.45) is 5.92 Å². The van der Waals surface area contributed by atoms with E-state index in [9.17, 15) is 16.8 Å². The van der Waals surface area contributed by atoms with E-state index in [0.717, 1.165) is 22.4 Å². The van der Waals surface area contributed by atoms with E-state index in [-0.39, 0.29) is 30.4 Å². The summed E-state index contributed by atoms with van der Waals surface area (Å²) in [6, 6.07) is 16.5. The molecule has 2 aliphatic heterocycles. The number of sulfonamides is 1. The molecule has 2 aromatic carbocycles. The van der Waals surface area contributed by atoms with Gasteiger partial charge in [0.15, 0.2) is 0 Å². The number of halogens is 1. The lowest BCUT2D eigenvalue weighted by Gasteiger charge is -2.36. The lowest BCUT2D eigenvalue weighted by Crippen LogP contribution is -2.49. The number of aromatic nitrogens is 1. The fourth-order valence-electron chi connectivity index (χ4n) is 6.24. The molecule has 0 aliphatic carbocycles. The van der Waals surface area contributed by atoms with Crippen molar-refractivity contribution in [3.63, 3.8) is 0 Å². The summed E-state index contributed by atoms with van der Waals surface area (Å²) in [7, 11) is -3.81.